The van der Waals surface area contributed by atoms with Crippen molar-refractivity contribution in [3.05, 3.63) is 71.5 Å². The number of carbonyl (C=O) groups is 1. The lowest BCUT2D eigenvalue weighted by atomic mass is 10.1. The van der Waals surface area contributed by atoms with Gasteiger partial charge in [-0.1, -0.05) is 35.9 Å². The summed E-state index contributed by atoms with van der Waals surface area (Å²) < 4.78 is 5.03. The number of aromatic nitrogens is 2. The van der Waals surface area contributed by atoms with Gasteiger partial charge in [-0.3, -0.25) is 0 Å². The number of ether oxygens (including phenoxy) is 1. The van der Waals surface area contributed by atoms with E-state index in [1.165, 1.54) is 11.9 Å². The number of benzene rings is 2. The molecule has 0 aliphatic heterocycles. The number of anilines is 4. The molecule has 0 bridgehead atoms. The molecule has 4 N–H and O–H groups in total. The molecule has 0 spiro atoms. The van der Waals surface area contributed by atoms with Crippen LogP contribution in [0.25, 0.3) is 0 Å². The quantitative estimate of drug-likeness (QED) is 0.537. The molecule has 0 aliphatic rings. The Bertz CT molecular complexity index is 957. The highest BCUT2D eigenvalue weighted by atomic mass is 16.5. The van der Waals surface area contributed by atoms with Gasteiger partial charge in [0, 0.05) is 12.2 Å². The molecule has 1 aromatic heterocycles. The minimum Gasteiger partial charge on any atom is -0.462 e. The largest absolute Gasteiger partial charge is 0.462 e. The molecule has 0 radical (unpaired) electrons. The van der Waals surface area contributed by atoms with Crippen LogP contribution < -0.4 is 16.4 Å². The zero-order valence-corrected chi connectivity index (χ0v) is 15.9. The molecule has 1 heterocycles. The van der Waals surface area contributed by atoms with Gasteiger partial charge in [-0.25, -0.2) is 14.8 Å². The van der Waals surface area contributed by atoms with Crippen LogP contribution in [0.2, 0.25) is 0 Å². The van der Waals surface area contributed by atoms with E-state index < -0.39 is 0 Å². The third-order valence-corrected chi connectivity index (χ3v) is 4.10. The Labute approximate surface area is 164 Å². The Morgan fingerprint density at radius 1 is 1.11 bits per heavy atom. The average Bonchev–Trinajstić information content (AvgIpc) is 2.70. The van der Waals surface area contributed by atoms with E-state index in [9.17, 15) is 4.79 Å². The maximum Gasteiger partial charge on any atom is 0.338 e. The molecule has 0 amide bonds. The molecule has 0 fully saturated rings. The molecule has 3 aromatic rings. The van der Waals surface area contributed by atoms with Gasteiger partial charge in [-0.15, -0.1) is 0 Å². The van der Waals surface area contributed by atoms with Gasteiger partial charge in [0.2, 0.25) is 0 Å². The van der Waals surface area contributed by atoms with Gasteiger partial charge >= 0.3 is 5.97 Å². The molecule has 0 saturated carbocycles. The summed E-state index contributed by atoms with van der Waals surface area (Å²) in [6.45, 7) is 4.74. The maximum absolute atomic E-state index is 11.9. The molecule has 0 unspecified atom stereocenters. The first-order valence-corrected chi connectivity index (χ1v) is 9.01. The number of esters is 1. The molecule has 28 heavy (non-hydrogen) atoms. The summed E-state index contributed by atoms with van der Waals surface area (Å²) in [7, 11) is 0. The number of hydrogen-bond donors (Lipinski definition) is 3. The molecule has 7 nitrogen and oxygen atoms in total. The monoisotopic (exact) mass is 377 g/mol. The van der Waals surface area contributed by atoms with Gasteiger partial charge in [0.15, 0.2) is 11.6 Å². The number of nitrogens with zero attached hydrogens (tertiary/aromatic N) is 2. The second-order valence-corrected chi connectivity index (χ2v) is 6.25. The topological polar surface area (TPSA) is 102 Å². The summed E-state index contributed by atoms with van der Waals surface area (Å²) in [5.74, 6) is 0.629. The van der Waals surface area contributed by atoms with Crippen LogP contribution in [0.5, 0.6) is 0 Å². The molecular formula is C21H23N5O2. The van der Waals surface area contributed by atoms with Gasteiger partial charge in [-0.05, 0) is 37.6 Å². The summed E-state index contributed by atoms with van der Waals surface area (Å²) in [6.07, 6.45) is 1.44. The molecule has 0 atom stereocenters. The van der Waals surface area contributed by atoms with Crippen LogP contribution in [0.1, 0.15) is 28.4 Å². The SMILES string of the molecule is CCOC(=O)c1cccc(Nc2ncnc(NCc3ccc(C)cc3)c2N)c1. The number of carbonyl (C=O) groups excluding carboxylic acids is 1. The van der Waals surface area contributed by atoms with E-state index >= 15 is 0 Å². The van der Waals surface area contributed by atoms with E-state index in [2.05, 4.69) is 51.8 Å². The summed E-state index contributed by atoms with van der Waals surface area (Å²) in [6, 6.07) is 15.2. The number of rotatable bonds is 7. The third kappa shape index (κ3) is 4.76. The Balaban J connectivity index is 1.73. The summed E-state index contributed by atoms with van der Waals surface area (Å²) >= 11 is 0. The average molecular weight is 377 g/mol. The number of nitrogens with one attached hydrogen (secondary N) is 2. The van der Waals surface area contributed by atoms with Crippen LogP contribution in [0.3, 0.4) is 0 Å². The molecule has 2 aromatic carbocycles. The number of nitrogen functional groups attached to an aromatic ring is 1. The normalized spacial score (nSPS) is 10.4. The van der Waals surface area contributed by atoms with Gasteiger partial charge in [-0.2, -0.15) is 0 Å². The molecule has 0 aliphatic carbocycles. The van der Waals surface area contributed by atoms with Crippen molar-refractivity contribution in [2.24, 2.45) is 0 Å². The predicted octanol–water partition coefficient (Wildman–Crippen LogP) is 3.90. The van der Waals surface area contributed by atoms with Gasteiger partial charge in [0.05, 0.1) is 12.2 Å². The first-order valence-electron chi connectivity index (χ1n) is 9.01. The summed E-state index contributed by atoms with van der Waals surface area (Å²) in [5, 5.41) is 6.36. The van der Waals surface area contributed by atoms with Gasteiger partial charge in [0.25, 0.3) is 0 Å². The molecular weight excluding hydrogens is 354 g/mol. The molecule has 7 heteroatoms. The zero-order chi connectivity index (χ0) is 19.9. The second-order valence-electron chi connectivity index (χ2n) is 6.25. The Kier molecular flexibility index (Phi) is 6.06. The van der Waals surface area contributed by atoms with Crippen LogP contribution in [0.4, 0.5) is 23.0 Å². The van der Waals surface area contributed by atoms with Crippen molar-refractivity contribution < 1.29 is 9.53 Å². The second kappa shape index (κ2) is 8.85. The smallest absolute Gasteiger partial charge is 0.338 e. The highest BCUT2D eigenvalue weighted by Gasteiger charge is 2.11. The molecule has 144 valence electrons. The lowest BCUT2D eigenvalue weighted by Crippen LogP contribution is -2.08. The number of aryl methyl sites for hydroxylation is 1. The fourth-order valence-electron chi connectivity index (χ4n) is 2.60. The van der Waals surface area contributed by atoms with Crippen molar-refractivity contribution in [3.63, 3.8) is 0 Å². The van der Waals surface area contributed by atoms with Gasteiger partial charge in [0.1, 0.15) is 12.0 Å². The standard InChI is InChI=1S/C21H23N5O2/c1-3-28-21(27)16-5-4-6-17(11-16)26-20-18(22)19(24-13-25-20)23-12-15-9-7-14(2)8-10-15/h4-11,13H,3,12,22H2,1-2H3,(H2,23,24,25,26). The molecule has 3 rings (SSSR count). The van der Waals surface area contributed by atoms with E-state index in [1.807, 2.05) is 6.07 Å². The van der Waals surface area contributed by atoms with E-state index in [-0.39, 0.29) is 5.97 Å². The molecule has 0 saturated heterocycles. The predicted molar refractivity (Wildman–Crippen MR) is 111 cm³/mol. The van der Waals surface area contributed by atoms with Crippen molar-refractivity contribution in [3.8, 4) is 0 Å². The van der Waals surface area contributed by atoms with Crippen LogP contribution in [0, 0.1) is 6.92 Å². The Morgan fingerprint density at radius 3 is 2.61 bits per heavy atom. The first kappa shape index (κ1) is 19.2. The Hall–Kier alpha value is -3.61. The Morgan fingerprint density at radius 2 is 1.86 bits per heavy atom. The zero-order valence-electron chi connectivity index (χ0n) is 15.9. The third-order valence-electron chi connectivity index (χ3n) is 4.10. The minimum atomic E-state index is -0.373. The van der Waals surface area contributed by atoms with Gasteiger partial charge < -0.3 is 21.1 Å². The van der Waals surface area contributed by atoms with Crippen LogP contribution in [-0.2, 0) is 11.3 Å². The van der Waals surface area contributed by atoms with Crippen molar-refractivity contribution in [2.45, 2.75) is 20.4 Å². The number of nitrogens with two attached hydrogens (primary N) is 1. The first-order chi connectivity index (χ1) is 13.6. The fraction of sp³-hybridized carbons (Fsp3) is 0.190. The van der Waals surface area contributed by atoms with Crippen LogP contribution in [-0.4, -0.2) is 22.5 Å². The van der Waals surface area contributed by atoms with Crippen LogP contribution >= 0.6 is 0 Å². The van der Waals surface area contributed by atoms with E-state index in [1.54, 1.807) is 25.1 Å². The summed E-state index contributed by atoms with van der Waals surface area (Å²) in [4.78, 5) is 20.3. The van der Waals surface area contributed by atoms with Crippen molar-refractivity contribution in [1.82, 2.24) is 9.97 Å². The highest BCUT2D eigenvalue weighted by Crippen LogP contribution is 2.26. The fourth-order valence-corrected chi connectivity index (χ4v) is 2.60. The van der Waals surface area contributed by atoms with Crippen molar-refractivity contribution in [2.75, 3.05) is 23.0 Å². The van der Waals surface area contributed by atoms with Crippen molar-refractivity contribution >= 4 is 29.0 Å². The summed E-state index contributed by atoms with van der Waals surface area (Å²) in [5.41, 5.74) is 10.1. The highest BCUT2D eigenvalue weighted by molar-refractivity contribution is 5.91. The lowest BCUT2D eigenvalue weighted by molar-refractivity contribution is 0.0526. The van der Waals surface area contributed by atoms with E-state index in [0.717, 1.165) is 5.56 Å². The van der Waals surface area contributed by atoms with E-state index in [4.69, 9.17) is 10.5 Å². The van der Waals surface area contributed by atoms with Crippen molar-refractivity contribution in [1.29, 1.82) is 0 Å². The maximum atomic E-state index is 11.9. The van der Waals surface area contributed by atoms with E-state index in [0.29, 0.717) is 41.7 Å². The van der Waals surface area contributed by atoms with Crippen LogP contribution in [0.15, 0.2) is 54.9 Å². The minimum absolute atomic E-state index is 0.325. The number of hydrogen-bond acceptors (Lipinski definition) is 7. The lowest BCUT2D eigenvalue weighted by Gasteiger charge is -2.13.